The Morgan fingerprint density at radius 1 is 1.35 bits per heavy atom. The first-order valence-corrected chi connectivity index (χ1v) is 6.52. The molecule has 1 aromatic carbocycles. The van der Waals surface area contributed by atoms with Gasteiger partial charge in [-0.3, -0.25) is 4.57 Å². The number of nitriles is 1. The van der Waals surface area contributed by atoms with Gasteiger partial charge in [0.15, 0.2) is 5.65 Å². The molecular weight excluding hydrogens is 272 g/mol. The topological polar surface area (TPSA) is 54.5 Å². The Balaban J connectivity index is 2.29. The number of aryl methyl sites for hydroxylation is 1. The predicted molar refractivity (Wildman–Crippen MR) is 78.3 cm³/mol. The van der Waals surface area contributed by atoms with Crippen molar-refractivity contribution >= 4 is 22.8 Å². The number of pyridine rings is 1. The highest BCUT2D eigenvalue weighted by Crippen LogP contribution is 2.26. The first-order valence-electron chi connectivity index (χ1n) is 6.15. The smallest absolute Gasteiger partial charge is 0.161 e. The lowest BCUT2D eigenvalue weighted by Crippen LogP contribution is -1.99. The van der Waals surface area contributed by atoms with Crippen LogP contribution in [0.5, 0.6) is 0 Å². The number of benzene rings is 1. The van der Waals surface area contributed by atoms with Gasteiger partial charge in [0, 0.05) is 16.8 Å². The van der Waals surface area contributed by atoms with E-state index < -0.39 is 0 Å². The Bertz CT molecular complexity index is 829. The molecule has 0 amide bonds. The summed E-state index contributed by atoms with van der Waals surface area (Å²) in [6.07, 6.45) is 1.78. The van der Waals surface area contributed by atoms with Crippen molar-refractivity contribution in [3.05, 3.63) is 47.1 Å². The fourth-order valence-electron chi connectivity index (χ4n) is 2.18. The Hall–Kier alpha value is -2.38. The molecule has 0 bridgehead atoms. The van der Waals surface area contributed by atoms with Crippen LogP contribution in [0.4, 0.5) is 0 Å². The van der Waals surface area contributed by atoms with Crippen LogP contribution in [0.25, 0.3) is 22.6 Å². The predicted octanol–water partition coefficient (Wildman–Crippen LogP) is 3.58. The minimum absolute atomic E-state index is 0.203. The zero-order valence-electron chi connectivity index (χ0n) is 10.8. The van der Waals surface area contributed by atoms with Gasteiger partial charge in [0.2, 0.25) is 0 Å². The van der Waals surface area contributed by atoms with Gasteiger partial charge in [-0.25, -0.2) is 9.97 Å². The van der Waals surface area contributed by atoms with Gasteiger partial charge in [0.25, 0.3) is 0 Å². The number of halogens is 1. The van der Waals surface area contributed by atoms with Crippen molar-refractivity contribution in [1.82, 2.24) is 14.5 Å². The molecule has 2 aromatic heterocycles. The molecule has 2 heterocycles. The first-order chi connectivity index (χ1) is 9.69. The van der Waals surface area contributed by atoms with Crippen LogP contribution in [0.3, 0.4) is 0 Å². The Morgan fingerprint density at radius 3 is 2.95 bits per heavy atom. The van der Waals surface area contributed by atoms with Crippen LogP contribution in [0, 0.1) is 18.3 Å². The first kappa shape index (κ1) is 12.6. The molecule has 0 N–H and O–H groups in total. The summed E-state index contributed by atoms with van der Waals surface area (Å²) in [5, 5.41) is 9.67. The lowest BCUT2D eigenvalue weighted by Gasteiger charge is -2.04. The van der Waals surface area contributed by atoms with E-state index >= 15 is 0 Å². The van der Waals surface area contributed by atoms with Crippen LogP contribution >= 0.6 is 11.6 Å². The van der Waals surface area contributed by atoms with Crippen molar-refractivity contribution in [2.45, 2.75) is 13.5 Å². The third kappa shape index (κ3) is 2.13. The van der Waals surface area contributed by atoms with Gasteiger partial charge in [0.05, 0.1) is 6.07 Å². The Kier molecular flexibility index (Phi) is 3.13. The SMILES string of the molecule is Cc1cnc2c(c1)nc(-c1cccc(Cl)c1)n2CC#N. The number of fused-ring (bicyclic) bond motifs is 1. The maximum absolute atomic E-state index is 9.03. The molecule has 20 heavy (non-hydrogen) atoms. The van der Waals surface area contributed by atoms with E-state index in [9.17, 15) is 0 Å². The highest BCUT2D eigenvalue weighted by atomic mass is 35.5. The molecule has 0 fully saturated rings. The summed E-state index contributed by atoms with van der Waals surface area (Å²) < 4.78 is 1.81. The molecule has 0 aliphatic carbocycles. The average Bonchev–Trinajstić information content (AvgIpc) is 2.77. The molecule has 98 valence electrons. The van der Waals surface area contributed by atoms with E-state index in [1.807, 2.05) is 37.3 Å². The molecule has 0 unspecified atom stereocenters. The van der Waals surface area contributed by atoms with Gasteiger partial charge in [-0.05, 0) is 30.7 Å². The molecule has 0 spiro atoms. The van der Waals surface area contributed by atoms with Crippen LogP contribution < -0.4 is 0 Å². The van der Waals surface area contributed by atoms with Gasteiger partial charge in [-0.2, -0.15) is 5.26 Å². The lowest BCUT2D eigenvalue weighted by molar-refractivity contribution is 0.858. The van der Waals surface area contributed by atoms with E-state index in [-0.39, 0.29) is 6.54 Å². The summed E-state index contributed by atoms with van der Waals surface area (Å²) in [4.78, 5) is 8.98. The van der Waals surface area contributed by atoms with E-state index in [1.165, 1.54) is 0 Å². The summed E-state index contributed by atoms with van der Waals surface area (Å²) >= 11 is 6.03. The fourth-order valence-corrected chi connectivity index (χ4v) is 2.37. The van der Waals surface area contributed by atoms with Crippen LogP contribution in [0.1, 0.15) is 5.56 Å². The van der Waals surface area contributed by atoms with Crippen molar-refractivity contribution in [3.8, 4) is 17.5 Å². The average molecular weight is 283 g/mol. The van der Waals surface area contributed by atoms with E-state index in [1.54, 1.807) is 10.8 Å². The molecule has 3 aromatic rings. The van der Waals surface area contributed by atoms with E-state index in [2.05, 4.69) is 16.0 Å². The lowest BCUT2D eigenvalue weighted by atomic mass is 10.2. The molecule has 3 rings (SSSR count). The zero-order valence-corrected chi connectivity index (χ0v) is 11.6. The molecule has 0 aliphatic rings. The largest absolute Gasteiger partial charge is 0.295 e. The van der Waals surface area contributed by atoms with Gasteiger partial charge in [-0.15, -0.1) is 0 Å². The highest BCUT2D eigenvalue weighted by molar-refractivity contribution is 6.30. The normalized spacial score (nSPS) is 10.7. The monoisotopic (exact) mass is 282 g/mol. The quantitative estimate of drug-likeness (QED) is 0.722. The molecule has 0 saturated heterocycles. The third-order valence-corrected chi connectivity index (χ3v) is 3.27. The fraction of sp³-hybridized carbons (Fsp3) is 0.133. The van der Waals surface area contributed by atoms with Gasteiger partial charge < -0.3 is 0 Å². The summed E-state index contributed by atoms with van der Waals surface area (Å²) in [5.41, 5.74) is 3.42. The van der Waals surface area contributed by atoms with Crippen molar-refractivity contribution in [1.29, 1.82) is 5.26 Å². The number of hydrogen-bond donors (Lipinski definition) is 0. The molecule has 5 heteroatoms. The molecule has 0 aliphatic heterocycles. The Morgan fingerprint density at radius 2 is 2.20 bits per heavy atom. The van der Waals surface area contributed by atoms with Gasteiger partial charge >= 0.3 is 0 Å². The van der Waals surface area contributed by atoms with E-state index in [4.69, 9.17) is 16.9 Å². The number of imidazole rings is 1. The zero-order chi connectivity index (χ0) is 14.1. The summed E-state index contributed by atoms with van der Waals surface area (Å²) in [7, 11) is 0. The summed E-state index contributed by atoms with van der Waals surface area (Å²) in [6.45, 7) is 2.17. The van der Waals surface area contributed by atoms with Crippen LogP contribution in [-0.2, 0) is 6.54 Å². The maximum Gasteiger partial charge on any atom is 0.161 e. The number of aromatic nitrogens is 3. The van der Waals surface area contributed by atoms with Crippen LogP contribution in [0.2, 0.25) is 5.02 Å². The maximum atomic E-state index is 9.03. The number of nitrogens with zero attached hydrogens (tertiary/aromatic N) is 4. The molecule has 4 nitrogen and oxygen atoms in total. The standard InChI is InChI=1S/C15H11ClN4/c1-10-7-13-15(18-9-10)20(6-5-17)14(19-13)11-3-2-4-12(16)8-11/h2-4,7-9H,6H2,1H3. The van der Waals surface area contributed by atoms with Gasteiger partial charge in [0.1, 0.15) is 17.9 Å². The van der Waals surface area contributed by atoms with Crippen molar-refractivity contribution in [2.24, 2.45) is 0 Å². The van der Waals surface area contributed by atoms with Crippen molar-refractivity contribution in [2.75, 3.05) is 0 Å². The van der Waals surface area contributed by atoms with E-state index in [0.29, 0.717) is 16.5 Å². The van der Waals surface area contributed by atoms with Crippen molar-refractivity contribution < 1.29 is 0 Å². The molecule has 0 radical (unpaired) electrons. The number of rotatable bonds is 2. The number of hydrogen-bond acceptors (Lipinski definition) is 3. The highest BCUT2D eigenvalue weighted by Gasteiger charge is 2.13. The van der Waals surface area contributed by atoms with Crippen molar-refractivity contribution in [3.63, 3.8) is 0 Å². The molecular formula is C15H11ClN4. The van der Waals surface area contributed by atoms with Crippen LogP contribution in [0.15, 0.2) is 36.5 Å². The molecule has 0 atom stereocenters. The second kappa shape index (κ2) is 4.95. The minimum atomic E-state index is 0.203. The van der Waals surface area contributed by atoms with E-state index in [0.717, 1.165) is 16.6 Å². The minimum Gasteiger partial charge on any atom is -0.295 e. The summed E-state index contributed by atoms with van der Waals surface area (Å²) in [6, 6.07) is 11.6. The second-order valence-electron chi connectivity index (χ2n) is 4.55. The molecule has 0 saturated carbocycles. The van der Waals surface area contributed by atoms with Crippen LogP contribution in [-0.4, -0.2) is 14.5 Å². The third-order valence-electron chi connectivity index (χ3n) is 3.03. The van der Waals surface area contributed by atoms with Gasteiger partial charge in [-0.1, -0.05) is 23.7 Å². The summed E-state index contributed by atoms with van der Waals surface area (Å²) in [5.74, 6) is 0.710. The Labute approximate surface area is 121 Å². The second-order valence-corrected chi connectivity index (χ2v) is 4.98.